The Morgan fingerprint density at radius 3 is 2.71 bits per heavy atom. The quantitative estimate of drug-likeness (QED) is 0.664. The first-order valence-corrected chi connectivity index (χ1v) is 6.30. The maximum Gasteiger partial charge on any atom is 0.320 e. The second-order valence-electron chi connectivity index (χ2n) is 4.57. The molecule has 2 amide bonds. The van der Waals surface area contributed by atoms with Crippen molar-refractivity contribution in [1.29, 1.82) is 0 Å². The highest BCUT2D eigenvalue weighted by molar-refractivity contribution is 6.29. The molecule has 3 heterocycles. The Morgan fingerprint density at radius 1 is 1.18 bits per heavy atom. The van der Waals surface area contributed by atoms with E-state index in [-0.39, 0.29) is 6.03 Å². The van der Waals surface area contributed by atoms with Gasteiger partial charge in [0.15, 0.2) is 0 Å². The predicted octanol–water partition coefficient (Wildman–Crippen LogP) is 2.27. The molecule has 1 aromatic rings. The van der Waals surface area contributed by atoms with Crippen LogP contribution in [0.3, 0.4) is 0 Å². The molecule has 0 bridgehead atoms. The molecule has 1 fully saturated rings. The Kier molecular flexibility index (Phi) is 2.67. The number of hydrogen-bond acceptors (Lipinski definition) is 2. The van der Waals surface area contributed by atoms with Crippen molar-refractivity contribution in [2.45, 2.75) is 25.9 Å². The third kappa shape index (κ3) is 1.97. The summed E-state index contributed by atoms with van der Waals surface area (Å²) < 4.78 is 0. The lowest BCUT2D eigenvalue weighted by Crippen LogP contribution is -2.38. The number of hydrogen-bond donors (Lipinski definition) is 0. The normalized spacial score (nSPS) is 18.6. The van der Waals surface area contributed by atoms with Gasteiger partial charge in [0, 0.05) is 19.6 Å². The zero-order chi connectivity index (χ0) is 11.8. The van der Waals surface area contributed by atoms with Gasteiger partial charge in [0.2, 0.25) is 0 Å². The Hall–Kier alpha value is -1.29. The molecule has 4 nitrogen and oxygen atoms in total. The molecule has 0 saturated carbocycles. The van der Waals surface area contributed by atoms with Crippen molar-refractivity contribution < 1.29 is 4.79 Å². The van der Waals surface area contributed by atoms with Crippen molar-refractivity contribution in [2.24, 2.45) is 0 Å². The van der Waals surface area contributed by atoms with Gasteiger partial charge in [-0.2, -0.15) is 0 Å². The van der Waals surface area contributed by atoms with Crippen LogP contribution < -0.4 is 0 Å². The standard InChI is InChI=1S/C12H14ClN3O/c13-11-4-3-9-7-16(8-10(9)14-11)12(17)15-5-1-2-6-15/h3-4H,1-2,5-8H2. The number of likely N-dealkylation sites (tertiary alicyclic amines) is 1. The van der Waals surface area contributed by atoms with Crippen molar-refractivity contribution in [2.75, 3.05) is 13.1 Å². The third-order valence-corrected chi connectivity index (χ3v) is 3.59. The summed E-state index contributed by atoms with van der Waals surface area (Å²) in [5.41, 5.74) is 2.05. The molecule has 0 spiro atoms. The second-order valence-corrected chi connectivity index (χ2v) is 4.96. The summed E-state index contributed by atoms with van der Waals surface area (Å²) in [6.07, 6.45) is 2.24. The largest absolute Gasteiger partial charge is 0.325 e. The smallest absolute Gasteiger partial charge is 0.320 e. The van der Waals surface area contributed by atoms with E-state index in [1.807, 2.05) is 15.9 Å². The second kappa shape index (κ2) is 4.18. The van der Waals surface area contributed by atoms with Crippen LogP contribution in [0.1, 0.15) is 24.1 Å². The average molecular weight is 252 g/mol. The number of carbonyl (C=O) groups excluding carboxylic acids is 1. The molecule has 5 heteroatoms. The molecule has 2 aliphatic rings. The number of urea groups is 1. The maximum absolute atomic E-state index is 12.2. The molecule has 17 heavy (non-hydrogen) atoms. The van der Waals surface area contributed by atoms with Gasteiger partial charge in [0.25, 0.3) is 0 Å². The van der Waals surface area contributed by atoms with Crippen molar-refractivity contribution in [3.63, 3.8) is 0 Å². The molecule has 0 aromatic carbocycles. The summed E-state index contributed by atoms with van der Waals surface area (Å²) in [6, 6.07) is 3.88. The topological polar surface area (TPSA) is 36.4 Å². The molecule has 90 valence electrons. The lowest BCUT2D eigenvalue weighted by molar-refractivity contribution is 0.162. The summed E-state index contributed by atoms with van der Waals surface area (Å²) >= 11 is 5.85. The van der Waals surface area contributed by atoms with Gasteiger partial charge in [-0.15, -0.1) is 0 Å². The van der Waals surface area contributed by atoms with E-state index in [0.717, 1.165) is 37.2 Å². The average Bonchev–Trinajstić information content (AvgIpc) is 2.96. The lowest BCUT2D eigenvalue weighted by atomic mass is 10.2. The van der Waals surface area contributed by atoms with Crippen LogP contribution in [0.2, 0.25) is 5.15 Å². The van der Waals surface area contributed by atoms with Gasteiger partial charge in [-0.3, -0.25) is 0 Å². The van der Waals surface area contributed by atoms with Crippen LogP contribution in [0.25, 0.3) is 0 Å². The molecule has 0 atom stereocenters. The number of amides is 2. The zero-order valence-corrected chi connectivity index (χ0v) is 10.3. The fraction of sp³-hybridized carbons (Fsp3) is 0.500. The summed E-state index contributed by atoms with van der Waals surface area (Å²) in [7, 11) is 0. The maximum atomic E-state index is 12.2. The number of carbonyl (C=O) groups is 1. The monoisotopic (exact) mass is 251 g/mol. The minimum Gasteiger partial charge on any atom is -0.325 e. The molecule has 0 aliphatic carbocycles. The number of halogens is 1. The zero-order valence-electron chi connectivity index (χ0n) is 9.53. The first-order valence-electron chi connectivity index (χ1n) is 5.92. The summed E-state index contributed by atoms with van der Waals surface area (Å²) in [5.74, 6) is 0. The van der Waals surface area contributed by atoms with Gasteiger partial charge in [-0.25, -0.2) is 9.78 Å². The van der Waals surface area contributed by atoms with Gasteiger partial charge < -0.3 is 9.80 Å². The van der Waals surface area contributed by atoms with Crippen molar-refractivity contribution in [3.05, 3.63) is 28.5 Å². The van der Waals surface area contributed by atoms with E-state index in [2.05, 4.69) is 4.98 Å². The highest BCUT2D eigenvalue weighted by Gasteiger charge is 2.29. The third-order valence-electron chi connectivity index (χ3n) is 3.38. The number of pyridine rings is 1. The molecule has 0 unspecified atom stereocenters. The molecule has 1 saturated heterocycles. The molecule has 1 aromatic heterocycles. The van der Waals surface area contributed by atoms with Crippen LogP contribution >= 0.6 is 11.6 Å². The van der Waals surface area contributed by atoms with Crippen molar-refractivity contribution >= 4 is 17.6 Å². The van der Waals surface area contributed by atoms with Crippen LogP contribution in [0.5, 0.6) is 0 Å². The SMILES string of the molecule is O=C(N1CCCC1)N1Cc2ccc(Cl)nc2C1. The molecular weight excluding hydrogens is 238 g/mol. The van der Waals surface area contributed by atoms with Gasteiger partial charge in [0.05, 0.1) is 12.2 Å². The Morgan fingerprint density at radius 2 is 1.94 bits per heavy atom. The van der Waals surface area contributed by atoms with E-state index < -0.39 is 0 Å². The van der Waals surface area contributed by atoms with Gasteiger partial charge in [-0.05, 0) is 24.5 Å². The van der Waals surface area contributed by atoms with Gasteiger partial charge in [0.1, 0.15) is 5.15 Å². The Bertz CT molecular complexity index is 457. The number of fused-ring (bicyclic) bond motifs is 1. The molecule has 3 rings (SSSR count). The van der Waals surface area contributed by atoms with E-state index in [9.17, 15) is 4.79 Å². The minimum atomic E-state index is 0.136. The highest BCUT2D eigenvalue weighted by atomic mass is 35.5. The van der Waals surface area contributed by atoms with Gasteiger partial charge >= 0.3 is 6.03 Å². The van der Waals surface area contributed by atoms with E-state index in [4.69, 9.17) is 11.6 Å². The number of rotatable bonds is 0. The van der Waals surface area contributed by atoms with E-state index in [1.165, 1.54) is 0 Å². The van der Waals surface area contributed by atoms with Crippen molar-refractivity contribution in [1.82, 2.24) is 14.8 Å². The van der Waals surface area contributed by atoms with E-state index in [0.29, 0.717) is 18.2 Å². The van der Waals surface area contributed by atoms with Crippen molar-refractivity contribution in [3.8, 4) is 0 Å². The predicted molar refractivity (Wildman–Crippen MR) is 64.7 cm³/mol. The summed E-state index contributed by atoms with van der Waals surface area (Å²) in [6.45, 7) is 3.03. The molecule has 0 N–H and O–H groups in total. The first-order chi connectivity index (χ1) is 8.24. The number of aromatic nitrogens is 1. The van der Waals surface area contributed by atoms with Crippen LogP contribution in [0.15, 0.2) is 12.1 Å². The fourth-order valence-electron chi connectivity index (χ4n) is 2.47. The summed E-state index contributed by atoms with van der Waals surface area (Å²) in [4.78, 5) is 20.2. The fourth-order valence-corrected chi connectivity index (χ4v) is 2.64. The number of nitrogens with zero attached hydrogens (tertiary/aromatic N) is 3. The minimum absolute atomic E-state index is 0.136. The van der Waals surface area contributed by atoms with Crippen LogP contribution in [-0.2, 0) is 13.1 Å². The molecule has 0 radical (unpaired) electrons. The Balaban J connectivity index is 1.75. The van der Waals surface area contributed by atoms with Gasteiger partial charge in [-0.1, -0.05) is 17.7 Å². The van der Waals surface area contributed by atoms with Crippen LogP contribution in [0.4, 0.5) is 4.79 Å². The van der Waals surface area contributed by atoms with Crippen LogP contribution in [0, 0.1) is 0 Å². The molecular formula is C12H14ClN3O. The summed E-state index contributed by atoms with van der Waals surface area (Å²) in [5, 5.41) is 0.499. The van der Waals surface area contributed by atoms with E-state index in [1.54, 1.807) is 6.07 Å². The van der Waals surface area contributed by atoms with Crippen LogP contribution in [-0.4, -0.2) is 33.9 Å². The molecule has 2 aliphatic heterocycles. The highest BCUT2D eigenvalue weighted by Crippen LogP contribution is 2.24. The van der Waals surface area contributed by atoms with E-state index >= 15 is 0 Å². The Labute approximate surface area is 105 Å². The first kappa shape index (κ1) is 10.8. The lowest BCUT2D eigenvalue weighted by Gasteiger charge is -2.23.